The van der Waals surface area contributed by atoms with E-state index in [-0.39, 0.29) is 15.8 Å². The van der Waals surface area contributed by atoms with Crippen LogP contribution in [0.1, 0.15) is 10.5 Å². The normalized spacial score (nSPS) is 10.2. The maximum Gasteiger partial charge on any atom is 0.269 e. The monoisotopic (exact) mass is 327 g/mol. The van der Waals surface area contributed by atoms with Gasteiger partial charge >= 0.3 is 0 Å². The number of nitrogens with one attached hydrogen (secondary N) is 2. The first-order chi connectivity index (χ1) is 9.88. The molecule has 0 fully saturated rings. The standard InChI is InChI=1S/C12H11ClFN5OS/c1-19-10(11(15)20)9(5-16-19)18-12(21)17-6-2-3-8(14)7(13)4-6/h2-5H,1H3,(H2,15,20)(H2,17,18,21). The van der Waals surface area contributed by atoms with Crippen LogP contribution in [-0.4, -0.2) is 20.8 Å². The van der Waals surface area contributed by atoms with Gasteiger partial charge < -0.3 is 16.4 Å². The summed E-state index contributed by atoms with van der Waals surface area (Å²) in [7, 11) is 1.58. The summed E-state index contributed by atoms with van der Waals surface area (Å²) in [5.41, 5.74) is 6.33. The maximum absolute atomic E-state index is 13.1. The average Bonchev–Trinajstić information content (AvgIpc) is 2.75. The highest BCUT2D eigenvalue weighted by atomic mass is 35.5. The lowest BCUT2D eigenvalue weighted by Crippen LogP contribution is -2.23. The summed E-state index contributed by atoms with van der Waals surface area (Å²) in [5.74, 6) is -1.16. The van der Waals surface area contributed by atoms with E-state index in [1.165, 1.54) is 29.1 Å². The van der Waals surface area contributed by atoms with Crippen LogP contribution in [0.2, 0.25) is 5.02 Å². The number of amides is 1. The minimum Gasteiger partial charge on any atom is -0.364 e. The van der Waals surface area contributed by atoms with Crippen LogP contribution in [0.3, 0.4) is 0 Å². The third-order valence-electron chi connectivity index (χ3n) is 2.60. The number of nitrogens with zero attached hydrogens (tertiary/aromatic N) is 2. The molecule has 0 radical (unpaired) electrons. The Balaban J connectivity index is 2.12. The summed E-state index contributed by atoms with van der Waals surface area (Å²) >= 11 is 10.8. The van der Waals surface area contributed by atoms with E-state index in [0.717, 1.165) is 0 Å². The van der Waals surface area contributed by atoms with Gasteiger partial charge in [0.2, 0.25) is 0 Å². The predicted octanol–water partition coefficient (Wildman–Crippen LogP) is 2.12. The quantitative estimate of drug-likeness (QED) is 0.752. The van der Waals surface area contributed by atoms with Gasteiger partial charge in [-0.2, -0.15) is 5.10 Å². The molecule has 0 saturated heterocycles. The van der Waals surface area contributed by atoms with Gasteiger partial charge in [-0.15, -0.1) is 0 Å². The van der Waals surface area contributed by atoms with E-state index in [2.05, 4.69) is 15.7 Å². The van der Waals surface area contributed by atoms with E-state index in [9.17, 15) is 9.18 Å². The van der Waals surface area contributed by atoms with Gasteiger partial charge in [-0.05, 0) is 30.4 Å². The van der Waals surface area contributed by atoms with Gasteiger partial charge in [0, 0.05) is 12.7 Å². The Labute approximate surface area is 130 Å². The van der Waals surface area contributed by atoms with Crippen LogP contribution >= 0.6 is 23.8 Å². The van der Waals surface area contributed by atoms with E-state index in [1.807, 2.05) is 0 Å². The van der Waals surface area contributed by atoms with Crippen LogP contribution in [0.25, 0.3) is 0 Å². The SMILES string of the molecule is Cn1ncc(NC(=S)Nc2ccc(F)c(Cl)c2)c1C(N)=O. The number of aryl methyl sites for hydroxylation is 1. The topological polar surface area (TPSA) is 85.0 Å². The van der Waals surface area contributed by atoms with E-state index >= 15 is 0 Å². The number of anilines is 2. The Hall–Kier alpha value is -2.19. The van der Waals surface area contributed by atoms with E-state index in [0.29, 0.717) is 11.4 Å². The van der Waals surface area contributed by atoms with Gasteiger partial charge in [-0.3, -0.25) is 9.48 Å². The molecule has 2 rings (SSSR count). The molecule has 0 aliphatic heterocycles. The van der Waals surface area contributed by atoms with Gasteiger partial charge in [-0.25, -0.2) is 4.39 Å². The molecular weight excluding hydrogens is 317 g/mol. The second kappa shape index (κ2) is 6.06. The van der Waals surface area contributed by atoms with E-state index in [1.54, 1.807) is 7.05 Å². The first-order valence-electron chi connectivity index (χ1n) is 5.73. The van der Waals surface area contributed by atoms with Gasteiger partial charge in [0.25, 0.3) is 5.91 Å². The average molecular weight is 328 g/mol. The van der Waals surface area contributed by atoms with Crippen molar-refractivity contribution in [3.05, 3.63) is 40.9 Å². The van der Waals surface area contributed by atoms with Gasteiger partial charge in [0.1, 0.15) is 11.5 Å². The zero-order valence-electron chi connectivity index (χ0n) is 10.9. The molecule has 4 N–H and O–H groups in total. The summed E-state index contributed by atoms with van der Waals surface area (Å²) in [4.78, 5) is 11.3. The number of primary amides is 1. The van der Waals surface area contributed by atoms with Crippen molar-refractivity contribution in [3.63, 3.8) is 0 Å². The highest BCUT2D eigenvalue weighted by molar-refractivity contribution is 7.80. The third-order valence-corrected chi connectivity index (χ3v) is 3.09. The third kappa shape index (κ3) is 3.47. The molecule has 0 aliphatic rings. The number of hydrogen-bond acceptors (Lipinski definition) is 3. The highest BCUT2D eigenvalue weighted by Gasteiger charge is 2.14. The number of nitrogens with two attached hydrogens (primary N) is 1. The van der Waals surface area contributed by atoms with Gasteiger partial charge in [-0.1, -0.05) is 11.6 Å². The van der Waals surface area contributed by atoms with Crippen molar-refractivity contribution < 1.29 is 9.18 Å². The first kappa shape index (κ1) is 15.2. The number of aromatic nitrogens is 2. The summed E-state index contributed by atoms with van der Waals surface area (Å²) in [6.45, 7) is 0. The van der Waals surface area contributed by atoms with Crippen molar-refractivity contribution >= 4 is 46.2 Å². The molecule has 21 heavy (non-hydrogen) atoms. The molecule has 0 spiro atoms. The van der Waals surface area contributed by atoms with Crippen LogP contribution in [0.4, 0.5) is 15.8 Å². The van der Waals surface area contributed by atoms with Crippen molar-refractivity contribution in [1.82, 2.24) is 9.78 Å². The zero-order chi connectivity index (χ0) is 15.6. The number of rotatable bonds is 3. The molecule has 0 unspecified atom stereocenters. The molecule has 110 valence electrons. The fraction of sp³-hybridized carbons (Fsp3) is 0.0833. The molecule has 0 bridgehead atoms. The molecule has 1 aromatic carbocycles. The second-order valence-electron chi connectivity index (χ2n) is 4.10. The Morgan fingerprint density at radius 1 is 1.48 bits per heavy atom. The van der Waals surface area contributed by atoms with E-state index < -0.39 is 11.7 Å². The van der Waals surface area contributed by atoms with Crippen LogP contribution in [0, 0.1) is 5.82 Å². The minimum atomic E-state index is -0.634. The number of carbonyl (C=O) groups is 1. The van der Waals surface area contributed by atoms with Crippen molar-refractivity contribution in [2.24, 2.45) is 12.8 Å². The molecule has 6 nitrogen and oxygen atoms in total. The highest BCUT2D eigenvalue weighted by Crippen LogP contribution is 2.20. The molecule has 0 aliphatic carbocycles. The number of thiocarbonyl (C=S) groups is 1. The first-order valence-corrected chi connectivity index (χ1v) is 6.52. The van der Waals surface area contributed by atoms with Crippen molar-refractivity contribution in [2.75, 3.05) is 10.6 Å². The van der Waals surface area contributed by atoms with Crippen molar-refractivity contribution in [2.45, 2.75) is 0 Å². The Bertz CT molecular complexity index is 718. The number of carbonyl (C=O) groups excluding carboxylic acids is 1. The van der Waals surface area contributed by atoms with Gasteiger partial charge in [0.15, 0.2) is 5.11 Å². The summed E-state index contributed by atoms with van der Waals surface area (Å²) < 4.78 is 14.4. The van der Waals surface area contributed by atoms with Crippen molar-refractivity contribution in [1.29, 1.82) is 0 Å². The predicted molar refractivity (Wildman–Crippen MR) is 83.0 cm³/mol. The lowest BCUT2D eigenvalue weighted by atomic mass is 10.3. The van der Waals surface area contributed by atoms with Crippen LogP contribution in [0.5, 0.6) is 0 Å². The lowest BCUT2D eigenvalue weighted by Gasteiger charge is -2.10. The fourth-order valence-electron chi connectivity index (χ4n) is 1.68. The number of halogens is 2. The minimum absolute atomic E-state index is 0.0259. The summed E-state index contributed by atoms with van der Waals surface area (Å²) in [6, 6.07) is 4.09. The Morgan fingerprint density at radius 2 is 2.19 bits per heavy atom. The molecular formula is C12H11ClFN5OS. The van der Waals surface area contributed by atoms with Crippen LogP contribution in [0.15, 0.2) is 24.4 Å². The zero-order valence-corrected chi connectivity index (χ0v) is 12.4. The Morgan fingerprint density at radius 3 is 2.81 bits per heavy atom. The number of benzene rings is 1. The lowest BCUT2D eigenvalue weighted by molar-refractivity contribution is 0.0992. The second-order valence-corrected chi connectivity index (χ2v) is 4.92. The molecule has 1 aromatic heterocycles. The van der Waals surface area contributed by atoms with Crippen molar-refractivity contribution in [3.8, 4) is 0 Å². The largest absolute Gasteiger partial charge is 0.364 e. The smallest absolute Gasteiger partial charge is 0.269 e. The number of hydrogen-bond donors (Lipinski definition) is 3. The maximum atomic E-state index is 13.1. The molecule has 9 heteroatoms. The fourth-order valence-corrected chi connectivity index (χ4v) is 2.09. The Kier molecular flexibility index (Phi) is 4.39. The molecule has 0 saturated carbocycles. The molecule has 2 aromatic rings. The molecule has 1 amide bonds. The van der Waals surface area contributed by atoms with Crippen LogP contribution in [-0.2, 0) is 7.05 Å². The molecule has 0 atom stereocenters. The van der Waals surface area contributed by atoms with Crippen LogP contribution < -0.4 is 16.4 Å². The van der Waals surface area contributed by atoms with Gasteiger partial charge in [0.05, 0.1) is 16.9 Å². The summed E-state index contributed by atoms with van der Waals surface area (Å²) in [6.07, 6.45) is 1.42. The summed E-state index contributed by atoms with van der Waals surface area (Å²) in [5, 5.41) is 9.69. The molecule has 1 heterocycles. The van der Waals surface area contributed by atoms with E-state index in [4.69, 9.17) is 29.6 Å².